The molecule has 9 nitrogen and oxygen atoms in total. The number of fused-ring (bicyclic) bond motifs is 2. The highest BCUT2D eigenvalue weighted by Crippen LogP contribution is 2.47. The molecule has 0 saturated carbocycles. The minimum atomic E-state index is -0.768. The lowest BCUT2D eigenvalue weighted by Crippen LogP contribution is -2.56. The van der Waals surface area contributed by atoms with Gasteiger partial charge in [0.2, 0.25) is 11.8 Å². The zero-order valence-electron chi connectivity index (χ0n) is 22.5. The standard InChI is InChI=1S/C29H38N4O5/c1-31(2)17-26(34)30-24(19-38-18-22-9-5-4-6-10-22)28(36)32-15-13-29(14-16-32)21-33(27(35)20-37-3)25-12-8-7-11-23(25)29/h4-12,24H,13-21H2,1-3H3,(H,30,34)/t24-/m1/s1. The number of rotatable bonds is 10. The van der Waals surface area contributed by atoms with E-state index in [1.165, 1.54) is 7.11 Å². The van der Waals surface area contributed by atoms with Crippen LogP contribution >= 0.6 is 0 Å². The van der Waals surface area contributed by atoms with Gasteiger partial charge in [-0.25, -0.2) is 0 Å². The molecule has 2 aliphatic rings. The molecule has 1 spiro atoms. The summed E-state index contributed by atoms with van der Waals surface area (Å²) in [5, 5.41) is 2.88. The molecule has 1 N–H and O–H groups in total. The second-order valence-corrected chi connectivity index (χ2v) is 10.4. The van der Waals surface area contributed by atoms with Gasteiger partial charge in [0.25, 0.3) is 5.91 Å². The fourth-order valence-corrected chi connectivity index (χ4v) is 5.43. The van der Waals surface area contributed by atoms with Crippen LogP contribution in [0, 0.1) is 0 Å². The molecule has 204 valence electrons. The molecular weight excluding hydrogens is 484 g/mol. The quantitative estimate of drug-likeness (QED) is 0.512. The van der Waals surface area contributed by atoms with Crippen LogP contribution in [0.2, 0.25) is 0 Å². The fourth-order valence-electron chi connectivity index (χ4n) is 5.43. The summed E-state index contributed by atoms with van der Waals surface area (Å²) in [5.74, 6) is -0.421. The van der Waals surface area contributed by atoms with Crippen molar-refractivity contribution in [2.24, 2.45) is 0 Å². The van der Waals surface area contributed by atoms with Gasteiger partial charge in [-0.15, -0.1) is 0 Å². The first kappa shape index (κ1) is 27.8. The largest absolute Gasteiger partial charge is 0.375 e. The molecular formula is C29H38N4O5. The molecule has 1 saturated heterocycles. The minimum absolute atomic E-state index is 0.0341. The minimum Gasteiger partial charge on any atom is -0.375 e. The van der Waals surface area contributed by atoms with E-state index in [0.29, 0.717) is 26.2 Å². The SMILES string of the molecule is COCC(=O)N1CC2(CCN(C(=O)[C@@H](COCc3ccccc3)NC(=O)CN(C)C)CC2)c2ccccc21. The third-order valence-corrected chi connectivity index (χ3v) is 7.32. The Kier molecular flexibility index (Phi) is 9.14. The molecule has 0 aromatic heterocycles. The second-order valence-electron chi connectivity index (χ2n) is 10.4. The predicted molar refractivity (Wildman–Crippen MR) is 145 cm³/mol. The number of hydrogen-bond acceptors (Lipinski definition) is 6. The first-order valence-corrected chi connectivity index (χ1v) is 13.1. The van der Waals surface area contributed by atoms with E-state index in [1.54, 1.807) is 4.90 Å². The summed E-state index contributed by atoms with van der Waals surface area (Å²) < 4.78 is 11.0. The number of nitrogens with one attached hydrogen (secondary N) is 1. The Labute approximate surface area is 224 Å². The van der Waals surface area contributed by atoms with E-state index in [2.05, 4.69) is 11.4 Å². The van der Waals surface area contributed by atoms with E-state index >= 15 is 0 Å². The number of methoxy groups -OCH3 is 1. The summed E-state index contributed by atoms with van der Waals surface area (Å²) in [4.78, 5) is 44.3. The van der Waals surface area contributed by atoms with Gasteiger partial charge in [0, 0.05) is 37.8 Å². The van der Waals surface area contributed by atoms with Crippen LogP contribution in [0.1, 0.15) is 24.0 Å². The van der Waals surface area contributed by atoms with Crippen LogP contribution in [0.15, 0.2) is 54.6 Å². The average molecular weight is 523 g/mol. The van der Waals surface area contributed by atoms with Gasteiger partial charge in [0.1, 0.15) is 12.6 Å². The molecule has 2 aromatic rings. The van der Waals surface area contributed by atoms with Gasteiger partial charge in [0.15, 0.2) is 0 Å². The summed E-state index contributed by atoms with van der Waals surface area (Å²) in [7, 11) is 5.15. The van der Waals surface area contributed by atoms with Gasteiger partial charge in [-0.3, -0.25) is 14.4 Å². The summed E-state index contributed by atoms with van der Waals surface area (Å²) in [6.45, 7) is 2.34. The normalized spacial score (nSPS) is 16.9. The highest BCUT2D eigenvalue weighted by Gasteiger charge is 2.47. The number of carbonyl (C=O) groups is 3. The number of hydrogen-bond donors (Lipinski definition) is 1. The molecule has 4 rings (SSSR count). The van der Waals surface area contributed by atoms with E-state index in [4.69, 9.17) is 9.47 Å². The first-order chi connectivity index (χ1) is 18.3. The van der Waals surface area contributed by atoms with Crippen molar-refractivity contribution in [3.8, 4) is 0 Å². The van der Waals surface area contributed by atoms with Gasteiger partial charge >= 0.3 is 0 Å². The zero-order valence-corrected chi connectivity index (χ0v) is 22.5. The van der Waals surface area contributed by atoms with Crippen molar-refractivity contribution in [3.63, 3.8) is 0 Å². The molecule has 0 bridgehead atoms. The molecule has 9 heteroatoms. The number of anilines is 1. The van der Waals surface area contributed by atoms with Crippen LogP contribution < -0.4 is 10.2 Å². The summed E-state index contributed by atoms with van der Waals surface area (Å²) in [5.41, 5.74) is 2.88. The molecule has 1 atom stereocenters. The van der Waals surface area contributed by atoms with Crippen molar-refractivity contribution < 1.29 is 23.9 Å². The average Bonchev–Trinajstić information content (AvgIpc) is 3.22. The Morgan fingerprint density at radius 1 is 1.03 bits per heavy atom. The van der Waals surface area contributed by atoms with Crippen molar-refractivity contribution in [1.29, 1.82) is 0 Å². The molecule has 38 heavy (non-hydrogen) atoms. The lowest BCUT2D eigenvalue weighted by Gasteiger charge is -2.41. The monoisotopic (exact) mass is 522 g/mol. The van der Waals surface area contributed by atoms with Gasteiger partial charge in [-0.05, 0) is 44.1 Å². The number of amides is 3. The second kappa shape index (κ2) is 12.5. The predicted octanol–water partition coefficient (Wildman–Crippen LogP) is 1.80. The maximum atomic E-state index is 13.6. The van der Waals surface area contributed by atoms with Crippen molar-refractivity contribution in [2.45, 2.75) is 30.9 Å². The van der Waals surface area contributed by atoms with Crippen molar-refractivity contribution in [1.82, 2.24) is 15.1 Å². The molecule has 2 heterocycles. The Morgan fingerprint density at radius 3 is 2.39 bits per heavy atom. The Bertz CT molecular complexity index is 1110. The third-order valence-electron chi connectivity index (χ3n) is 7.32. The highest BCUT2D eigenvalue weighted by atomic mass is 16.5. The van der Waals surface area contributed by atoms with E-state index < -0.39 is 6.04 Å². The number of nitrogens with zero attached hydrogens (tertiary/aromatic N) is 3. The topological polar surface area (TPSA) is 91.4 Å². The number of piperidine rings is 1. The van der Waals surface area contributed by atoms with Crippen molar-refractivity contribution >= 4 is 23.4 Å². The lowest BCUT2D eigenvalue weighted by atomic mass is 9.74. The molecule has 0 radical (unpaired) electrons. The third kappa shape index (κ3) is 6.40. The van der Waals surface area contributed by atoms with Crippen LogP contribution in [0.25, 0.3) is 0 Å². The number of ether oxygens (including phenoxy) is 2. The molecule has 2 aliphatic heterocycles. The Balaban J connectivity index is 1.43. The van der Waals surface area contributed by atoms with Gasteiger partial charge in [-0.2, -0.15) is 0 Å². The van der Waals surface area contributed by atoms with Crippen molar-refractivity contribution in [3.05, 3.63) is 65.7 Å². The Morgan fingerprint density at radius 2 is 1.71 bits per heavy atom. The zero-order chi connectivity index (χ0) is 27.1. The van der Waals surface area contributed by atoms with Crippen LogP contribution in [0.4, 0.5) is 5.69 Å². The number of likely N-dealkylation sites (N-methyl/N-ethyl adjacent to an activating group) is 1. The molecule has 1 fully saturated rings. The van der Waals surface area contributed by atoms with Gasteiger partial charge < -0.3 is 29.5 Å². The molecule has 0 aliphatic carbocycles. The van der Waals surface area contributed by atoms with Crippen molar-refractivity contribution in [2.75, 3.05) is 65.5 Å². The first-order valence-electron chi connectivity index (χ1n) is 13.1. The molecule has 0 unspecified atom stereocenters. The highest BCUT2D eigenvalue weighted by molar-refractivity contribution is 5.97. The fraction of sp³-hybridized carbons (Fsp3) is 0.483. The van der Waals surface area contributed by atoms with Crippen LogP contribution in [0.3, 0.4) is 0 Å². The number of carbonyl (C=O) groups excluding carboxylic acids is 3. The maximum absolute atomic E-state index is 13.6. The van der Waals surface area contributed by atoms with Crippen LogP contribution in [-0.4, -0.2) is 94.2 Å². The van der Waals surface area contributed by atoms with E-state index in [1.807, 2.05) is 72.4 Å². The summed E-state index contributed by atoms with van der Waals surface area (Å²) in [6.07, 6.45) is 1.46. The lowest BCUT2D eigenvalue weighted by molar-refractivity contribution is -0.140. The summed E-state index contributed by atoms with van der Waals surface area (Å²) >= 11 is 0. The van der Waals surface area contributed by atoms with Crippen LogP contribution in [-0.2, 0) is 35.9 Å². The number of benzene rings is 2. The van der Waals surface area contributed by atoms with E-state index in [0.717, 1.165) is 29.7 Å². The van der Waals surface area contributed by atoms with E-state index in [9.17, 15) is 14.4 Å². The number of likely N-dealkylation sites (tertiary alicyclic amines) is 1. The van der Waals surface area contributed by atoms with Gasteiger partial charge in [0.05, 0.1) is 19.8 Å². The summed E-state index contributed by atoms with van der Waals surface area (Å²) in [6, 6.07) is 17.0. The number of para-hydroxylation sites is 1. The Hall–Kier alpha value is -3.27. The van der Waals surface area contributed by atoms with Gasteiger partial charge in [-0.1, -0.05) is 48.5 Å². The maximum Gasteiger partial charge on any atom is 0.252 e. The van der Waals surface area contributed by atoms with Crippen LogP contribution in [0.5, 0.6) is 0 Å². The molecule has 3 amide bonds. The smallest absolute Gasteiger partial charge is 0.252 e. The molecule has 2 aromatic carbocycles. The van der Waals surface area contributed by atoms with E-state index in [-0.39, 0.29) is 42.9 Å².